The SMILES string of the molecule is CCCNS(=O)(=O)c1c(N)cc([N+](=O)[O-])cc1F. The van der Waals surface area contributed by atoms with Crippen LogP contribution < -0.4 is 10.5 Å². The molecule has 1 aromatic carbocycles. The number of benzene rings is 1. The molecule has 0 amide bonds. The topological polar surface area (TPSA) is 115 Å². The van der Waals surface area contributed by atoms with Crippen LogP contribution in [-0.4, -0.2) is 19.9 Å². The molecule has 0 bridgehead atoms. The number of rotatable bonds is 5. The zero-order chi connectivity index (χ0) is 13.9. The first-order valence-corrected chi connectivity index (χ1v) is 6.51. The molecule has 0 saturated carbocycles. The molecular formula is C9H12FN3O4S. The maximum absolute atomic E-state index is 13.6. The van der Waals surface area contributed by atoms with Gasteiger partial charge in [-0.2, -0.15) is 0 Å². The van der Waals surface area contributed by atoms with Crippen LogP contribution in [0.25, 0.3) is 0 Å². The van der Waals surface area contributed by atoms with Gasteiger partial charge in [0.15, 0.2) is 5.82 Å². The first-order chi connectivity index (χ1) is 8.29. The fourth-order valence-electron chi connectivity index (χ4n) is 1.30. The molecule has 0 aliphatic rings. The molecule has 0 saturated heterocycles. The van der Waals surface area contributed by atoms with Gasteiger partial charge in [-0.05, 0) is 6.42 Å². The summed E-state index contributed by atoms with van der Waals surface area (Å²) in [6.07, 6.45) is 0.522. The molecule has 0 heterocycles. The second kappa shape index (κ2) is 5.27. The molecule has 0 radical (unpaired) electrons. The van der Waals surface area contributed by atoms with Gasteiger partial charge in [-0.25, -0.2) is 17.5 Å². The summed E-state index contributed by atoms with van der Waals surface area (Å²) in [6, 6.07) is 1.33. The third-order valence-electron chi connectivity index (χ3n) is 2.08. The Bertz CT molecular complexity index is 550. The van der Waals surface area contributed by atoms with Crippen LogP contribution in [0.2, 0.25) is 0 Å². The van der Waals surface area contributed by atoms with Crippen LogP contribution in [0.15, 0.2) is 17.0 Å². The minimum Gasteiger partial charge on any atom is -0.397 e. The van der Waals surface area contributed by atoms with Crippen molar-refractivity contribution in [3.8, 4) is 0 Å². The zero-order valence-electron chi connectivity index (χ0n) is 9.51. The smallest absolute Gasteiger partial charge is 0.274 e. The summed E-state index contributed by atoms with van der Waals surface area (Å²) in [4.78, 5) is 8.84. The van der Waals surface area contributed by atoms with Gasteiger partial charge in [0.05, 0.1) is 16.7 Å². The number of nitrogens with two attached hydrogens (primary N) is 1. The molecule has 0 aliphatic carbocycles. The number of nitrogens with zero attached hydrogens (tertiary/aromatic N) is 1. The van der Waals surface area contributed by atoms with Crippen molar-refractivity contribution in [3.63, 3.8) is 0 Å². The average molecular weight is 277 g/mol. The van der Waals surface area contributed by atoms with Gasteiger partial charge in [0.1, 0.15) is 4.90 Å². The summed E-state index contributed by atoms with van der Waals surface area (Å²) >= 11 is 0. The molecule has 0 atom stereocenters. The highest BCUT2D eigenvalue weighted by atomic mass is 32.2. The van der Waals surface area contributed by atoms with Crippen LogP contribution in [0.3, 0.4) is 0 Å². The lowest BCUT2D eigenvalue weighted by molar-refractivity contribution is -0.385. The van der Waals surface area contributed by atoms with Gasteiger partial charge < -0.3 is 5.73 Å². The van der Waals surface area contributed by atoms with Gasteiger partial charge in [0, 0.05) is 12.6 Å². The number of hydrogen-bond acceptors (Lipinski definition) is 5. The highest BCUT2D eigenvalue weighted by Gasteiger charge is 2.25. The van der Waals surface area contributed by atoms with E-state index in [9.17, 15) is 22.9 Å². The molecule has 0 spiro atoms. The summed E-state index contributed by atoms with van der Waals surface area (Å²) in [5.41, 5.74) is 4.26. The normalized spacial score (nSPS) is 11.4. The van der Waals surface area contributed by atoms with Crippen molar-refractivity contribution in [1.29, 1.82) is 0 Å². The molecule has 9 heteroatoms. The fraction of sp³-hybridized carbons (Fsp3) is 0.333. The van der Waals surface area contributed by atoms with Crippen LogP contribution >= 0.6 is 0 Å². The van der Waals surface area contributed by atoms with Crippen LogP contribution in [0.4, 0.5) is 15.8 Å². The maximum atomic E-state index is 13.6. The van der Waals surface area contributed by atoms with E-state index in [1.54, 1.807) is 6.92 Å². The third-order valence-corrected chi connectivity index (χ3v) is 3.63. The Morgan fingerprint density at radius 1 is 1.50 bits per heavy atom. The summed E-state index contributed by atoms with van der Waals surface area (Å²) < 4.78 is 39.2. The molecule has 1 aromatic rings. The predicted molar refractivity (Wildman–Crippen MR) is 62.9 cm³/mol. The Hall–Kier alpha value is -1.74. The van der Waals surface area contributed by atoms with Crippen molar-refractivity contribution in [2.24, 2.45) is 0 Å². The molecule has 18 heavy (non-hydrogen) atoms. The molecular weight excluding hydrogens is 265 g/mol. The zero-order valence-corrected chi connectivity index (χ0v) is 10.3. The van der Waals surface area contributed by atoms with Gasteiger partial charge in [0.25, 0.3) is 5.69 Å². The van der Waals surface area contributed by atoms with Crippen molar-refractivity contribution in [2.45, 2.75) is 18.2 Å². The highest BCUT2D eigenvalue weighted by Crippen LogP contribution is 2.27. The van der Waals surface area contributed by atoms with Gasteiger partial charge in [0.2, 0.25) is 10.0 Å². The van der Waals surface area contributed by atoms with Crippen molar-refractivity contribution in [1.82, 2.24) is 4.72 Å². The largest absolute Gasteiger partial charge is 0.397 e. The summed E-state index contributed by atoms with van der Waals surface area (Å²) in [5, 5.41) is 10.5. The fourth-order valence-corrected chi connectivity index (χ4v) is 2.60. The first-order valence-electron chi connectivity index (χ1n) is 5.02. The molecule has 3 N–H and O–H groups in total. The third kappa shape index (κ3) is 2.93. The molecule has 0 aromatic heterocycles. The Balaban J connectivity index is 3.30. The minimum absolute atomic E-state index is 0.123. The van der Waals surface area contributed by atoms with Gasteiger partial charge in [-0.15, -0.1) is 0 Å². The molecule has 7 nitrogen and oxygen atoms in total. The monoisotopic (exact) mass is 277 g/mol. The number of non-ortho nitro benzene ring substituents is 1. The molecule has 0 fully saturated rings. The number of sulfonamides is 1. The van der Waals surface area contributed by atoms with Gasteiger partial charge in [-0.1, -0.05) is 6.92 Å². The summed E-state index contributed by atoms with van der Waals surface area (Å²) in [7, 11) is -4.10. The van der Waals surface area contributed by atoms with E-state index in [0.717, 1.165) is 6.07 Å². The highest BCUT2D eigenvalue weighted by molar-refractivity contribution is 7.89. The van der Waals surface area contributed by atoms with E-state index in [2.05, 4.69) is 4.72 Å². The lowest BCUT2D eigenvalue weighted by Gasteiger charge is -2.09. The number of halogens is 1. The van der Waals surface area contributed by atoms with Gasteiger partial charge in [-0.3, -0.25) is 10.1 Å². The maximum Gasteiger partial charge on any atom is 0.274 e. The summed E-state index contributed by atoms with van der Waals surface area (Å²) in [6.45, 7) is 1.86. The molecule has 0 aliphatic heterocycles. The number of nitro benzene ring substituents is 1. The van der Waals surface area contributed by atoms with Crippen molar-refractivity contribution in [2.75, 3.05) is 12.3 Å². The Kier molecular flexibility index (Phi) is 4.19. The minimum atomic E-state index is -4.10. The van der Waals surface area contributed by atoms with Crippen LogP contribution in [0.5, 0.6) is 0 Å². The van der Waals surface area contributed by atoms with E-state index in [1.807, 2.05) is 0 Å². The van der Waals surface area contributed by atoms with E-state index >= 15 is 0 Å². The van der Waals surface area contributed by atoms with E-state index in [4.69, 9.17) is 5.73 Å². The standard InChI is InChI=1S/C9H12FN3O4S/c1-2-3-12-18(16,17)9-7(10)4-6(13(14)15)5-8(9)11/h4-5,12H,2-3,11H2,1H3. The lowest BCUT2D eigenvalue weighted by Crippen LogP contribution is -2.26. The van der Waals surface area contributed by atoms with Crippen molar-refractivity contribution >= 4 is 21.4 Å². The second-order valence-electron chi connectivity index (χ2n) is 3.50. The lowest BCUT2D eigenvalue weighted by atomic mass is 10.3. The number of nitrogens with one attached hydrogen (secondary N) is 1. The molecule has 0 unspecified atom stereocenters. The number of nitro groups is 1. The number of hydrogen-bond donors (Lipinski definition) is 2. The average Bonchev–Trinajstić information content (AvgIpc) is 2.24. The number of anilines is 1. The quantitative estimate of drug-likeness (QED) is 0.473. The summed E-state index contributed by atoms with van der Waals surface area (Å²) in [5.74, 6) is -1.25. The van der Waals surface area contributed by atoms with Gasteiger partial charge >= 0.3 is 0 Å². The van der Waals surface area contributed by atoms with Crippen molar-refractivity contribution < 1.29 is 17.7 Å². The molecule has 100 valence electrons. The van der Waals surface area contributed by atoms with E-state index in [1.165, 1.54) is 0 Å². The number of nitrogen functional groups attached to an aromatic ring is 1. The first kappa shape index (κ1) is 14.3. The van der Waals surface area contributed by atoms with E-state index in [0.29, 0.717) is 12.5 Å². The van der Waals surface area contributed by atoms with Crippen LogP contribution in [0.1, 0.15) is 13.3 Å². The second-order valence-corrected chi connectivity index (χ2v) is 5.20. The Morgan fingerprint density at radius 2 is 2.11 bits per heavy atom. The van der Waals surface area contributed by atoms with E-state index < -0.39 is 37.0 Å². The van der Waals surface area contributed by atoms with Crippen LogP contribution in [-0.2, 0) is 10.0 Å². The Morgan fingerprint density at radius 3 is 2.56 bits per heavy atom. The van der Waals surface area contributed by atoms with E-state index in [-0.39, 0.29) is 6.54 Å². The molecule has 1 rings (SSSR count). The van der Waals surface area contributed by atoms with Crippen LogP contribution in [0, 0.1) is 15.9 Å². The Labute approximate surface area is 103 Å². The predicted octanol–water partition coefficient (Wildman–Crippen LogP) is 1.00. The van der Waals surface area contributed by atoms with Crippen molar-refractivity contribution in [3.05, 3.63) is 28.1 Å².